The summed E-state index contributed by atoms with van der Waals surface area (Å²) >= 11 is 5.71. The maximum absolute atomic E-state index is 12.6. The highest BCUT2D eigenvalue weighted by Gasteiger charge is 2.61. The molecule has 0 aromatic heterocycles. The molecule has 1 aliphatic heterocycles. The maximum atomic E-state index is 12.6. The molecule has 19 heavy (non-hydrogen) atoms. The maximum Gasteiger partial charge on any atom is 0.219 e. The summed E-state index contributed by atoms with van der Waals surface area (Å²) in [6.45, 7) is 12.1. The Morgan fingerprint density at radius 3 is 2.05 bits per heavy atom. The molecule has 114 valence electrons. The van der Waals surface area contributed by atoms with E-state index in [4.69, 9.17) is 11.6 Å². The first-order chi connectivity index (χ1) is 8.44. The largest absolute Gasteiger partial charge is 0.219 e. The van der Waals surface area contributed by atoms with Gasteiger partial charge in [-0.15, -0.1) is 11.6 Å². The zero-order valence-corrected chi connectivity index (χ0v) is 15.6. The predicted molar refractivity (Wildman–Crippen MR) is 86.0 cm³/mol. The first-order valence-electron chi connectivity index (χ1n) is 7.03. The fraction of sp³-hybridized carbons (Fsp3) is 1.00. The second kappa shape index (κ2) is 5.66. The molecule has 0 spiro atoms. The van der Waals surface area contributed by atoms with Crippen LogP contribution in [0.1, 0.15) is 40.0 Å². The van der Waals surface area contributed by atoms with E-state index in [2.05, 4.69) is 19.6 Å². The van der Waals surface area contributed by atoms with Crippen molar-refractivity contribution in [2.75, 3.05) is 5.88 Å². The van der Waals surface area contributed by atoms with Crippen LogP contribution in [0.5, 0.6) is 0 Å². The Morgan fingerprint density at radius 2 is 1.68 bits per heavy atom. The molecule has 0 aromatic rings. The third-order valence-electron chi connectivity index (χ3n) is 3.70. The summed E-state index contributed by atoms with van der Waals surface area (Å²) in [5.74, 6) is 0.663. The topological polar surface area (TPSA) is 37.1 Å². The number of alkyl halides is 1. The predicted octanol–water partition coefficient (Wildman–Crippen LogP) is 3.45. The third kappa shape index (κ3) is 3.74. The number of hydrogen-bond donors (Lipinski definition) is 0. The molecule has 0 N–H and O–H groups in total. The van der Waals surface area contributed by atoms with Crippen molar-refractivity contribution >= 4 is 29.7 Å². The van der Waals surface area contributed by atoms with Crippen LogP contribution in [0.2, 0.25) is 19.6 Å². The van der Waals surface area contributed by atoms with Gasteiger partial charge in [0.15, 0.2) is 0 Å². The molecule has 1 heterocycles. The van der Waals surface area contributed by atoms with Crippen LogP contribution >= 0.6 is 11.6 Å². The normalized spacial score (nSPS) is 28.5. The van der Waals surface area contributed by atoms with Gasteiger partial charge in [-0.3, -0.25) is 0 Å². The van der Waals surface area contributed by atoms with E-state index >= 15 is 0 Å². The Kier molecular flexibility index (Phi) is 5.20. The minimum Gasteiger partial charge on any atom is -0.212 e. The quantitative estimate of drug-likeness (QED) is 0.324. The molecule has 3 atom stereocenters. The lowest BCUT2D eigenvalue weighted by molar-refractivity contribution is 0.507. The number of hydrogen-bond acceptors (Lipinski definition) is 2. The van der Waals surface area contributed by atoms with Gasteiger partial charge in [0.1, 0.15) is 0 Å². The Morgan fingerprint density at radius 1 is 1.16 bits per heavy atom. The summed E-state index contributed by atoms with van der Waals surface area (Å²) in [5.41, 5.74) is 0.270. The minimum atomic E-state index is -3.19. The van der Waals surface area contributed by atoms with E-state index in [9.17, 15) is 8.42 Å². The van der Waals surface area contributed by atoms with Crippen molar-refractivity contribution in [3.05, 3.63) is 0 Å². The van der Waals surface area contributed by atoms with E-state index in [0.29, 0.717) is 5.88 Å². The zero-order valence-electron chi connectivity index (χ0n) is 13.0. The highest BCUT2D eigenvalue weighted by molar-refractivity contribution is 7.90. The molecular formula is C13H28ClNO2SSi. The van der Waals surface area contributed by atoms with Crippen molar-refractivity contribution < 1.29 is 8.42 Å². The molecule has 1 rings (SSSR count). The van der Waals surface area contributed by atoms with Gasteiger partial charge in [0.05, 0.1) is 12.8 Å². The van der Waals surface area contributed by atoms with Crippen LogP contribution in [0.3, 0.4) is 0 Å². The molecule has 1 aliphatic rings. The third-order valence-corrected chi connectivity index (χ3v) is 9.19. The summed E-state index contributed by atoms with van der Waals surface area (Å²) < 4.78 is 26.4. The molecule has 6 heteroatoms. The Labute approximate surface area is 124 Å². The molecule has 0 aromatic carbocycles. The van der Waals surface area contributed by atoms with Crippen molar-refractivity contribution in [1.29, 1.82) is 0 Å². The zero-order chi connectivity index (χ0) is 15.1. The molecule has 0 saturated carbocycles. The van der Waals surface area contributed by atoms with E-state index in [0.717, 1.165) is 19.3 Å². The van der Waals surface area contributed by atoms with Gasteiger partial charge in [-0.05, 0) is 33.6 Å². The summed E-state index contributed by atoms with van der Waals surface area (Å²) in [6.07, 6.45) is 2.95. The minimum absolute atomic E-state index is 0.221. The standard InChI is InChI=1S/C13H28ClNO2SSi/c1-13(2,3)18(16,17)15-11(9-7-8-10-14)12(15)19(4,5)6/h11-12H,7-10H2,1-6H3. The molecule has 0 bridgehead atoms. The smallest absolute Gasteiger partial charge is 0.212 e. The first kappa shape index (κ1) is 17.5. The monoisotopic (exact) mass is 325 g/mol. The number of unbranched alkanes of at least 4 members (excludes halogenated alkanes) is 1. The molecule has 0 amide bonds. The van der Waals surface area contributed by atoms with Gasteiger partial charge in [0, 0.05) is 17.6 Å². The summed E-state index contributed by atoms with van der Waals surface area (Å²) in [5, 5.41) is 0. The van der Waals surface area contributed by atoms with Crippen molar-refractivity contribution in [3.8, 4) is 0 Å². The van der Waals surface area contributed by atoms with Gasteiger partial charge in [-0.25, -0.2) is 8.42 Å². The lowest BCUT2D eigenvalue weighted by Gasteiger charge is -2.23. The number of sulfonamides is 1. The molecule has 0 aliphatic carbocycles. The van der Waals surface area contributed by atoms with Gasteiger partial charge in [-0.1, -0.05) is 26.1 Å². The molecular weight excluding hydrogens is 298 g/mol. The summed E-state index contributed by atoms with van der Waals surface area (Å²) in [4.78, 5) is 0. The summed E-state index contributed by atoms with van der Waals surface area (Å²) in [6, 6.07) is 0.221. The van der Waals surface area contributed by atoms with Crippen molar-refractivity contribution in [2.45, 2.75) is 76.1 Å². The van der Waals surface area contributed by atoms with Gasteiger partial charge in [0.25, 0.3) is 0 Å². The van der Waals surface area contributed by atoms with Gasteiger partial charge in [0.2, 0.25) is 10.0 Å². The SMILES string of the molecule is CC(C)(C)S(=O)(=O)N1C(CCCCCl)C1[Si](C)(C)C. The van der Waals surface area contributed by atoms with Crippen LogP contribution in [0.4, 0.5) is 0 Å². The number of nitrogens with zero attached hydrogens (tertiary/aromatic N) is 1. The number of halogens is 1. The van der Waals surface area contributed by atoms with Crippen LogP contribution in [-0.4, -0.2) is 43.1 Å². The van der Waals surface area contributed by atoms with Gasteiger partial charge < -0.3 is 0 Å². The van der Waals surface area contributed by atoms with Crippen molar-refractivity contribution in [1.82, 2.24) is 4.31 Å². The molecule has 0 radical (unpaired) electrons. The van der Waals surface area contributed by atoms with E-state index in [1.165, 1.54) is 0 Å². The fourth-order valence-electron chi connectivity index (χ4n) is 2.59. The molecule has 3 nitrogen and oxygen atoms in total. The first-order valence-corrected chi connectivity index (χ1v) is 12.6. The lowest BCUT2D eigenvalue weighted by atomic mass is 10.2. The number of rotatable bonds is 6. The highest BCUT2D eigenvalue weighted by atomic mass is 35.5. The second-order valence-corrected chi connectivity index (χ2v) is 15.8. The average Bonchev–Trinajstić information content (AvgIpc) is 2.91. The van der Waals surface area contributed by atoms with Crippen molar-refractivity contribution in [3.63, 3.8) is 0 Å². The Hall–Kier alpha value is 0.417. The summed E-state index contributed by atoms with van der Waals surface area (Å²) in [7, 11) is -4.67. The van der Waals surface area contributed by atoms with E-state index in [-0.39, 0.29) is 11.7 Å². The molecule has 3 unspecified atom stereocenters. The van der Waals surface area contributed by atoms with Gasteiger partial charge in [-0.2, -0.15) is 4.31 Å². The second-order valence-electron chi connectivity index (χ2n) is 7.51. The average molecular weight is 326 g/mol. The van der Waals surface area contributed by atoms with Crippen LogP contribution < -0.4 is 0 Å². The van der Waals surface area contributed by atoms with E-state index in [1.807, 2.05) is 0 Å². The van der Waals surface area contributed by atoms with Gasteiger partial charge >= 0.3 is 0 Å². The van der Waals surface area contributed by atoms with Crippen LogP contribution in [-0.2, 0) is 10.0 Å². The van der Waals surface area contributed by atoms with Crippen LogP contribution in [0.15, 0.2) is 0 Å². The van der Waals surface area contributed by atoms with E-state index in [1.54, 1.807) is 25.1 Å². The van der Waals surface area contributed by atoms with E-state index < -0.39 is 22.8 Å². The lowest BCUT2D eigenvalue weighted by Crippen LogP contribution is -2.39. The van der Waals surface area contributed by atoms with Crippen molar-refractivity contribution in [2.24, 2.45) is 0 Å². The Bertz CT molecular complexity index is 411. The fourth-order valence-corrected chi connectivity index (χ4v) is 8.20. The Balaban J connectivity index is 2.87. The molecule has 1 fully saturated rings. The van der Waals surface area contributed by atoms with Crippen LogP contribution in [0, 0.1) is 0 Å². The highest BCUT2D eigenvalue weighted by Crippen LogP contribution is 2.44. The molecule has 1 saturated heterocycles. The van der Waals surface area contributed by atoms with Crippen LogP contribution in [0.25, 0.3) is 0 Å².